The minimum atomic E-state index is -0.814. The van der Waals surface area contributed by atoms with Crippen molar-refractivity contribution < 1.29 is 19.4 Å². The Bertz CT molecular complexity index is 396. The molecule has 2 heterocycles. The number of morpholine rings is 1. The average molecular weight is 299 g/mol. The van der Waals surface area contributed by atoms with Crippen molar-refractivity contribution in [3.63, 3.8) is 0 Å². The second-order valence-corrected chi connectivity index (χ2v) is 5.97. The van der Waals surface area contributed by atoms with Gasteiger partial charge < -0.3 is 19.6 Å². The largest absolute Gasteiger partial charge is 0.480 e. The summed E-state index contributed by atoms with van der Waals surface area (Å²) in [5.74, 6) is -0.814. The van der Waals surface area contributed by atoms with E-state index < -0.39 is 12.0 Å². The zero-order valence-electron chi connectivity index (χ0n) is 13.0. The van der Waals surface area contributed by atoms with Crippen LogP contribution in [0.25, 0.3) is 0 Å². The van der Waals surface area contributed by atoms with E-state index in [4.69, 9.17) is 9.84 Å². The Morgan fingerprint density at radius 2 is 1.81 bits per heavy atom. The molecule has 0 radical (unpaired) electrons. The van der Waals surface area contributed by atoms with E-state index in [0.717, 1.165) is 0 Å². The third-order valence-electron chi connectivity index (χ3n) is 4.34. The van der Waals surface area contributed by atoms with Gasteiger partial charge in [-0.3, -0.25) is 9.69 Å². The molecule has 2 aliphatic heterocycles. The third kappa shape index (κ3) is 3.65. The maximum Gasteiger partial charge on any atom is 0.320 e. The van der Waals surface area contributed by atoms with Crippen LogP contribution in [-0.2, 0) is 9.53 Å². The molecule has 0 aromatic carbocycles. The molecule has 2 amide bonds. The summed E-state index contributed by atoms with van der Waals surface area (Å²) < 4.78 is 5.55. The second kappa shape index (κ2) is 6.62. The molecule has 7 heteroatoms. The molecule has 0 saturated carbocycles. The molecular formula is C14H25N3O4. The van der Waals surface area contributed by atoms with Crippen molar-refractivity contribution in [1.29, 1.82) is 0 Å². The number of carbonyl (C=O) groups is 2. The number of carbonyl (C=O) groups excluding carboxylic acids is 1. The van der Waals surface area contributed by atoms with Crippen LogP contribution in [0.5, 0.6) is 0 Å². The molecule has 2 fully saturated rings. The quantitative estimate of drug-likeness (QED) is 0.794. The van der Waals surface area contributed by atoms with Gasteiger partial charge in [-0.05, 0) is 20.8 Å². The molecule has 3 atom stereocenters. The Hall–Kier alpha value is -1.34. The van der Waals surface area contributed by atoms with E-state index in [-0.39, 0.29) is 18.2 Å². The van der Waals surface area contributed by atoms with Crippen molar-refractivity contribution in [2.45, 2.75) is 39.0 Å². The number of ether oxygens (including phenoxy) is 1. The standard InChI is InChI=1S/C14H25N3O4/c1-10-9-21-11(2)8-17(10)14(20)16-6-4-15(5-7-16)12(3)13(18)19/h10-12H,4-9H2,1-3H3,(H,18,19). The Morgan fingerprint density at radius 1 is 1.19 bits per heavy atom. The number of piperazine rings is 1. The second-order valence-electron chi connectivity index (χ2n) is 5.97. The van der Waals surface area contributed by atoms with Crippen LogP contribution in [0.1, 0.15) is 20.8 Å². The molecule has 0 aliphatic carbocycles. The van der Waals surface area contributed by atoms with E-state index in [1.165, 1.54) is 0 Å². The van der Waals surface area contributed by atoms with E-state index >= 15 is 0 Å². The number of amides is 2. The summed E-state index contributed by atoms with van der Waals surface area (Å²) >= 11 is 0. The van der Waals surface area contributed by atoms with E-state index in [1.807, 2.05) is 28.5 Å². The van der Waals surface area contributed by atoms with Crippen LogP contribution in [0, 0.1) is 0 Å². The highest BCUT2D eigenvalue weighted by molar-refractivity contribution is 5.75. The average Bonchev–Trinajstić information content (AvgIpc) is 2.48. The number of nitrogens with zero attached hydrogens (tertiary/aromatic N) is 3. The lowest BCUT2D eigenvalue weighted by atomic mass is 10.2. The van der Waals surface area contributed by atoms with Crippen LogP contribution < -0.4 is 0 Å². The van der Waals surface area contributed by atoms with Gasteiger partial charge in [0.15, 0.2) is 0 Å². The van der Waals surface area contributed by atoms with Gasteiger partial charge in [-0.2, -0.15) is 0 Å². The molecule has 21 heavy (non-hydrogen) atoms. The van der Waals surface area contributed by atoms with Gasteiger partial charge in [0.05, 0.1) is 18.8 Å². The maximum atomic E-state index is 12.6. The normalized spacial score (nSPS) is 29.3. The maximum absolute atomic E-state index is 12.6. The molecule has 3 unspecified atom stereocenters. The van der Waals surface area contributed by atoms with Gasteiger partial charge in [0.25, 0.3) is 0 Å². The van der Waals surface area contributed by atoms with Gasteiger partial charge in [0.1, 0.15) is 6.04 Å². The first-order valence-corrected chi connectivity index (χ1v) is 7.54. The lowest BCUT2D eigenvalue weighted by molar-refractivity contribution is -0.143. The molecule has 1 N–H and O–H groups in total. The summed E-state index contributed by atoms with van der Waals surface area (Å²) in [7, 11) is 0. The first-order valence-electron chi connectivity index (χ1n) is 7.54. The zero-order chi connectivity index (χ0) is 15.6. The van der Waals surface area contributed by atoms with Crippen molar-refractivity contribution in [3.8, 4) is 0 Å². The smallest absolute Gasteiger partial charge is 0.320 e. The summed E-state index contributed by atoms with van der Waals surface area (Å²) in [5.41, 5.74) is 0. The molecule has 0 aromatic rings. The van der Waals surface area contributed by atoms with Gasteiger partial charge in [-0.1, -0.05) is 0 Å². The monoisotopic (exact) mass is 299 g/mol. The number of rotatable bonds is 2. The summed E-state index contributed by atoms with van der Waals surface area (Å²) in [5, 5.41) is 9.03. The highest BCUT2D eigenvalue weighted by atomic mass is 16.5. The molecule has 0 bridgehead atoms. The highest BCUT2D eigenvalue weighted by Crippen LogP contribution is 2.16. The number of carboxylic acids is 1. The van der Waals surface area contributed by atoms with Crippen LogP contribution in [0.15, 0.2) is 0 Å². The Kier molecular flexibility index (Phi) is 5.05. The summed E-state index contributed by atoms with van der Waals surface area (Å²) in [6.45, 7) is 9.20. The summed E-state index contributed by atoms with van der Waals surface area (Å²) in [6, 6.07) is -0.366. The van der Waals surface area contributed by atoms with Gasteiger partial charge in [0, 0.05) is 32.7 Å². The summed E-state index contributed by atoms with van der Waals surface area (Å²) in [6.07, 6.45) is 0.0680. The van der Waals surface area contributed by atoms with Crippen LogP contribution in [0.2, 0.25) is 0 Å². The molecule has 120 valence electrons. The zero-order valence-corrected chi connectivity index (χ0v) is 13.0. The van der Waals surface area contributed by atoms with Gasteiger partial charge in [0.2, 0.25) is 0 Å². The van der Waals surface area contributed by atoms with Gasteiger partial charge in [-0.15, -0.1) is 0 Å². The molecule has 0 spiro atoms. The van der Waals surface area contributed by atoms with Crippen molar-refractivity contribution in [2.24, 2.45) is 0 Å². The van der Waals surface area contributed by atoms with Gasteiger partial charge in [-0.25, -0.2) is 4.79 Å². The predicted molar refractivity (Wildman–Crippen MR) is 77.2 cm³/mol. The fraction of sp³-hybridized carbons (Fsp3) is 0.857. The van der Waals surface area contributed by atoms with Crippen molar-refractivity contribution in [2.75, 3.05) is 39.3 Å². The molecule has 7 nitrogen and oxygen atoms in total. The molecule has 2 rings (SSSR count). The van der Waals surface area contributed by atoms with Gasteiger partial charge >= 0.3 is 12.0 Å². The predicted octanol–water partition coefficient (Wildman–Crippen LogP) is 0.306. The number of hydrogen-bond donors (Lipinski definition) is 1. The Labute approximate surface area is 125 Å². The first kappa shape index (κ1) is 16.0. The van der Waals surface area contributed by atoms with Crippen molar-refractivity contribution in [1.82, 2.24) is 14.7 Å². The highest BCUT2D eigenvalue weighted by Gasteiger charge is 2.33. The number of aliphatic carboxylic acids is 1. The molecular weight excluding hydrogens is 274 g/mol. The van der Waals surface area contributed by atoms with Crippen molar-refractivity contribution in [3.05, 3.63) is 0 Å². The van der Waals surface area contributed by atoms with Crippen LogP contribution in [0.4, 0.5) is 4.79 Å². The van der Waals surface area contributed by atoms with Crippen LogP contribution in [0.3, 0.4) is 0 Å². The third-order valence-corrected chi connectivity index (χ3v) is 4.34. The lowest BCUT2D eigenvalue weighted by Gasteiger charge is -2.42. The van der Waals surface area contributed by atoms with E-state index in [2.05, 4.69) is 0 Å². The fourth-order valence-corrected chi connectivity index (χ4v) is 2.81. The minimum Gasteiger partial charge on any atom is -0.480 e. The SMILES string of the molecule is CC1CN(C(=O)N2CCN(C(C)C(=O)O)CC2)C(C)CO1. The van der Waals surface area contributed by atoms with E-state index in [9.17, 15) is 9.59 Å². The van der Waals surface area contributed by atoms with Crippen LogP contribution >= 0.6 is 0 Å². The Morgan fingerprint density at radius 3 is 2.38 bits per heavy atom. The minimum absolute atomic E-state index is 0.0419. The Balaban J connectivity index is 1.89. The number of hydrogen-bond acceptors (Lipinski definition) is 4. The first-order chi connectivity index (χ1) is 9.90. The lowest BCUT2D eigenvalue weighted by Crippen LogP contribution is -2.59. The van der Waals surface area contributed by atoms with E-state index in [1.54, 1.807) is 6.92 Å². The summed E-state index contributed by atoms with van der Waals surface area (Å²) in [4.78, 5) is 29.2. The molecule has 2 saturated heterocycles. The van der Waals surface area contributed by atoms with Crippen molar-refractivity contribution >= 4 is 12.0 Å². The van der Waals surface area contributed by atoms with Crippen LogP contribution in [-0.4, -0.2) is 89.3 Å². The fourth-order valence-electron chi connectivity index (χ4n) is 2.81. The topological polar surface area (TPSA) is 73.3 Å². The number of carboxylic acid groups (broad SMARTS) is 1. The molecule has 0 aromatic heterocycles. The van der Waals surface area contributed by atoms with E-state index in [0.29, 0.717) is 39.3 Å². The number of urea groups is 1. The molecule has 2 aliphatic rings.